The summed E-state index contributed by atoms with van der Waals surface area (Å²) in [6.45, 7) is 3.54. The third kappa shape index (κ3) is 4.32. The maximum absolute atomic E-state index is 14.9. The van der Waals surface area contributed by atoms with Gasteiger partial charge in [0.2, 0.25) is 11.8 Å². The first kappa shape index (κ1) is 23.3. The van der Waals surface area contributed by atoms with Crippen molar-refractivity contribution < 1.29 is 27.1 Å². The first-order chi connectivity index (χ1) is 14.7. The SMILES string of the molecule is CN1C(=O)C(C)(C)C(C)(c2cc(Nc3ccc(OCC(F)(F)F)nc3)ccc2F)N=C1N. The summed E-state index contributed by atoms with van der Waals surface area (Å²) in [6, 6.07) is 6.99. The van der Waals surface area contributed by atoms with Gasteiger partial charge < -0.3 is 15.8 Å². The number of guanidine groups is 1. The number of alkyl halides is 3. The van der Waals surface area contributed by atoms with Gasteiger partial charge in [-0.25, -0.2) is 14.4 Å². The molecule has 1 aromatic carbocycles. The van der Waals surface area contributed by atoms with Crippen LogP contribution in [-0.2, 0) is 10.3 Å². The van der Waals surface area contributed by atoms with Crippen molar-refractivity contribution in [3.8, 4) is 5.88 Å². The highest BCUT2D eigenvalue weighted by Crippen LogP contribution is 2.47. The van der Waals surface area contributed by atoms with Crippen LogP contribution in [-0.4, -0.2) is 41.6 Å². The highest BCUT2D eigenvalue weighted by atomic mass is 19.4. The molecule has 1 aromatic heterocycles. The fourth-order valence-electron chi connectivity index (χ4n) is 3.41. The van der Waals surface area contributed by atoms with Crippen molar-refractivity contribution in [2.24, 2.45) is 16.1 Å². The molecule has 32 heavy (non-hydrogen) atoms. The lowest BCUT2D eigenvalue weighted by atomic mass is 9.67. The molecule has 3 rings (SSSR count). The van der Waals surface area contributed by atoms with Gasteiger partial charge in [-0.3, -0.25) is 9.69 Å². The Morgan fingerprint density at radius 1 is 1.16 bits per heavy atom. The molecule has 0 bridgehead atoms. The van der Waals surface area contributed by atoms with Crippen molar-refractivity contribution in [2.45, 2.75) is 32.5 Å². The second-order valence-electron chi connectivity index (χ2n) is 8.14. The molecule has 7 nitrogen and oxygen atoms in total. The van der Waals surface area contributed by atoms with E-state index in [1.165, 1.54) is 48.5 Å². The zero-order valence-electron chi connectivity index (χ0n) is 17.9. The number of nitrogens with two attached hydrogens (primary N) is 1. The van der Waals surface area contributed by atoms with E-state index >= 15 is 0 Å². The van der Waals surface area contributed by atoms with E-state index < -0.39 is 29.6 Å². The molecule has 2 aromatic rings. The number of amides is 1. The molecule has 1 unspecified atom stereocenters. The number of halogens is 4. The minimum Gasteiger partial charge on any atom is -0.468 e. The number of aliphatic imine (C=N–C) groups is 1. The van der Waals surface area contributed by atoms with Crippen LogP contribution in [0.4, 0.5) is 28.9 Å². The van der Waals surface area contributed by atoms with Crippen LogP contribution < -0.4 is 15.8 Å². The lowest BCUT2D eigenvalue weighted by Gasteiger charge is -2.46. The summed E-state index contributed by atoms with van der Waals surface area (Å²) in [5.41, 5.74) is 4.59. The number of hydrogen-bond donors (Lipinski definition) is 2. The second-order valence-corrected chi connectivity index (χ2v) is 8.14. The van der Waals surface area contributed by atoms with Gasteiger partial charge in [-0.15, -0.1) is 0 Å². The number of benzene rings is 1. The minimum atomic E-state index is -4.46. The molecular weight excluding hydrogens is 430 g/mol. The van der Waals surface area contributed by atoms with Crippen LogP contribution in [0.5, 0.6) is 5.88 Å². The van der Waals surface area contributed by atoms with Gasteiger partial charge in [-0.1, -0.05) is 0 Å². The molecular formula is C21H23F4N5O2. The summed E-state index contributed by atoms with van der Waals surface area (Å²) in [7, 11) is 1.51. The molecule has 0 spiro atoms. The van der Waals surface area contributed by atoms with Crippen molar-refractivity contribution in [3.63, 3.8) is 0 Å². The van der Waals surface area contributed by atoms with Crippen LogP contribution in [0.1, 0.15) is 26.3 Å². The van der Waals surface area contributed by atoms with Gasteiger partial charge in [0.1, 0.15) is 11.4 Å². The predicted molar refractivity (Wildman–Crippen MR) is 111 cm³/mol. The third-order valence-corrected chi connectivity index (χ3v) is 5.64. The van der Waals surface area contributed by atoms with Crippen LogP contribution in [0.2, 0.25) is 0 Å². The maximum atomic E-state index is 14.9. The Labute approximate surface area is 182 Å². The number of rotatable bonds is 5. The molecule has 11 heteroatoms. The molecule has 0 saturated heterocycles. The molecule has 0 fully saturated rings. The summed E-state index contributed by atoms with van der Waals surface area (Å²) in [4.78, 5) is 22.3. The number of ether oxygens (including phenoxy) is 1. The first-order valence-electron chi connectivity index (χ1n) is 9.61. The molecule has 172 valence electrons. The Morgan fingerprint density at radius 3 is 2.41 bits per heavy atom. The minimum absolute atomic E-state index is 0.0202. The number of pyridine rings is 1. The summed E-state index contributed by atoms with van der Waals surface area (Å²) < 4.78 is 56.2. The van der Waals surface area contributed by atoms with Crippen molar-refractivity contribution >= 4 is 23.2 Å². The van der Waals surface area contributed by atoms with Gasteiger partial charge in [-0.2, -0.15) is 13.2 Å². The number of hydrogen-bond acceptors (Lipinski definition) is 6. The van der Waals surface area contributed by atoms with E-state index in [9.17, 15) is 22.4 Å². The molecule has 0 aliphatic carbocycles. The summed E-state index contributed by atoms with van der Waals surface area (Å²) in [5, 5.41) is 3.00. The topological polar surface area (TPSA) is 92.8 Å². The van der Waals surface area contributed by atoms with Crippen LogP contribution in [0.15, 0.2) is 41.5 Å². The van der Waals surface area contributed by atoms with Gasteiger partial charge in [0.25, 0.3) is 0 Å². The number of anilines is 2. The predicted octanol–water partition coefficient (Wildman–Crippen LogP) is 3.93. The standard InChI is InChI=1S/C21H23F4N5O2/c1-19(2)17(31)30(4)18(26)29-20(19,3)14-9-12(5-7-15(14)22)28-13-6-8-16(27-10-13)32-11-21(23,24)25/h5-10,28H,11H2,1-4H3,(H2,26,29). The molecule has 3 N–H and O–H groups in total. The second kappa shape index (κ2) is 7.95. The van der Waals surface area contributed by atoms with Gasteiger partial charge in [0.15, 0.2) is 12.6 Å². The van der Waals surface area contributed by atoms with E-state index in [1.54, 1.807) is 20.8 Å². The van der Waals surface area contributed by atoms with Crippen LogP contribution in [0.25, 0.3) is 0 Å². The highest BCUT2D eigenvalue weighted by Gasteiger charge is 2.53. The Morgan fingerprint density at radius 2 is 1.81 bits per heavy atom. The third-order valence-electron chi connectivity index (χ3n) is 5.64. The molecule has 1 atom stereocenters. The smallest absolute Gasteiger partial charge is 0.422 e. The fourth-order valence-corrected chi connectivity index (χ4v) is 3.41. The lowest BCUT2D eigenvalue weighted by Crippen LogP contribution is -2.58. The van der Waals surface area contributed by atoms with Crippen molar-refractivity contribution in [2.75, 3.05) is 19.0 Å². The van der Waals surface area contributed by atoms with E-state index in [4.69, 9.17) is 5.73 Å². The van der Waals surface area contributed by atoms with E-state index in [1.807, 2.05) is 0 Å². The zero-order chi connectivity index (χ0) is 23.9. The van der Waals surface area contributed by atoms with Crippen molar-refractivity contribution in [1.82, 2.24) is 9.88 Å². The fraction of sp³-hybridized carbons (Fsp3) is 0.381. The average molecular weight is 453 g/mol. The highest BCUT2D eigenvalue weighted by molar-refractivity contribution is 6.01. The Hall–Kier alpha value is -3.37. The maximum Gasteiger partial charge on any atom is 0.422 e. The van der Waals surface area contributed by atoms with E-state index in [2.05, 4.69) is 20.0 Å². The zero-order valence-corrected chi connectivity index (χ0v) is 17.9. The Bertz CT molecular complexity index is 1050. The molecule has 2 heterocycles. The molecule has 0 radical (unpaired) electrons. The van der Waals surface area contributed by atoms with Crippen LogP contribution in [0, 0.1) is 11.2 Å². The number of aromatic nitrogens is 1. The average Bonchev–Trinajstić information content (AvgIpc) is 2.71. The monoisotopic (exact) mass is 453 g/mol. The van der Waals surface area contributed by atoms with Gasteiger partial charge in [-0.05, 0) is 45.0 Å². The van der Waals surface area contributed by atoms with Crippen LogP contribution >= 0.6 is 0 Å². The van der Waals surface area contributed by atoms with Crippen molar-refractivity contribution in [3.05, 3.63) is 47.9 Å². The number of carbonyl (C=O) groups excluding carboxylic acids is 1. The van der Waals surface area contributed by atoms with Gasteiger partial charge in [0.05, 0.1) is 17.3 Å². The number of nitrogens with zero attached hydrogens (tertiary/aromatic N) is 3. The van der Waals surface area contributed by atoms with E-state index in [-0.39, 0.29) is 23.3 Å². The molecule has 1 amide bonds. The normalized spacial score (nSPS) is 20.7. The lowest BCUT2D eigenvalue weighted by molar-refractivity contribution is -0.154. The van der Waals surface area contributed by atoms with Gasteiger partial charge in [0, 0.05) is 24.4 Å². The first-order valence-corrected chi connectivity index (χ1v) is 9.61. The Balaban J connectivity index is 1.89. The van der Waals surface area contributed by atoms with E-state index in [0.29, 0.717) is 11.4 Å². The molecule has 1 aliphatic rings. The number of nitrogens with one attached hydrogen (secondary N) is 1. The van der Waals surface area contributed by atoms with Crippen molar-refractivity contribution in [1.29, 1.82) is 0 Å². The largest absolute Gasteiger partial charge is 0.468 e. The summed E-state index contributed by atoms with van der Waals surface area (Å²) in [6.07, 6.45) is -3.18. The molecule has 0 saturated carbocycles. The van der Waals surface area contributed by atoms with E-state index in [0.717, 1.165) is 0 Å². The summed E-state index contributed by atoms with van der Waals surface area (Å²) >= 11 is 0. The van der Waals surface area contributed by atoms with Gasteiger partial charge >= 0.3 is 6.18 Å². The quantitative estimate of drug-likeness (QED) is 0.670. The summed E-state index contributed by atoms with van der Waals surface area (Å²) in [5.74, 6) is -1.07. The van der Waals surface area contributed by atoms with Crippen LogP contribution in [0.3, 0.4) is 0 Å². The molecule has 1 aliphatic heterocycles. The number of carbonyl (C=O) groups is 1. The Kier molecular flexibility index (Phi) is 5.79.